The standard InChI is InChI=1S/C11H18N2O3S/c1-7-4-13(5-9(7)10(14)15)11(16)12-8-2-3-17-6-8/h7-9H,2-6H2,1H3,(H,12,16)(H,14,15)/t7-,8?,9-/m1/s1. The zero-order valence-corrected chi connectivity index (χ0v) is 10.7. The Morgan fingerprint density at radius 3 is 2.71 bits per heavy atom. The summed E-state index contributed by atoms with van der Waals surface area (Å²) in [5, 5.41) is 12.0. The van der Waals surface area contributed by atoms with Gasteiger partial charge in [0.1, 0.15) is 0 Å². The van der Waals surface area contributed by atoms with Crippen LogP contribution in [0.15, 0.2) is 0 Å². The van der Waals surface area contributed by atoms with Gasteiger partial charge in [-0.3, -0.25) is 4.79 Å². The van der Waals surface area contributed by atoms with Crippen LogP contribution in [-0.4, -0.2) is 52.6 Å². The SMILES string of the molecule is C[C@@H]1CN(C(=O)NC2CCSC2)C[C@H]1C(=O)O. The van der Waals surface area contributed by atoms with Crippen LogP contribution in [0.3, 0.4) is 0 Å². The molecule has 3 atom stereocenters. The van der Waals surface area contributed by atoms with Gasteiger partial charge in [0.05, 0.1) is 5.92 Å². The number of carbonyl (C=O) groups is 2. The first-order valence-electron chi connectivity index (χ1n) is 5.94. The van der Waals surface area contributed by atoms with Crippen LogP contribution < -0.4 is 5.32 Å². The molecule has 2 N–H and O–H groups in total. The zero-order chi connectivity index (χ0) is 12.4. The van der Waals surface area contributed by atoms with Crippen molar-refractivity contribution in [3.63, 3.8) is 0 Å². The number of hydrogen-bond donors (Lipinski definition) is 2. The molecule has 0 spiro atoms. The molecule has 5 nitrogen and oxygen atoms in total. The predicted octanol–water partition coefficient (Wildman–Crippen LogP) is 0.854. The predicted molar refractivity (Wildman–Crippen MR) is 66.1 cm³/mol. The Morgan fingerprint density at radius 1 is 1.41 bits per heavy atom. The number of likely N-dealkylation sites (tertiary alicyclic amines) is 1. The minimum atomic E-state index is -0.802. The molecule has 2 amide bonds. The van der Waals surface area contributed by atoms with Crippen molar-refractivity contribution in [2.75, 3.05) is 24.6 Å². The molecular weight excluding hydrogens is 240 g/mol. The van der Waals surface area contributed by atoms with E-state index in [1.54, 1.807) is 4.90 Å². The lowest BCUT2D eigenvalue weighted by Crippen LogP contribution is -2.44. The maximum Gasteiger partial charge on any atom is 0.317 e. The van der Waals surface area contributed by atoms with Crippen LogP contribution in [0.25, 0.3) is 0 Å². The largest absolute Gasteiger partial charge is 0.481 e. The highest BCUT2D eigenvalue weighted by Gasteiger charge is 2.37. The van der Waals surface area contributed by atoms with Gasteiger partial charge in [-0.25, -0.2) is 4.79 Å². The van der Waals surface area contributed by atoms with Crippen molar-refractivity contribution in [2.45, 2.75) is 19.4 Å². The van der Waals surface area contributed by atoms with Gasteiger partial charge in [-0.2, -0.15) is 11.8 Å². The number of urea groups is 1. The topological polar surface area (TPSA) is 69.6 Å². The summed E-state index contributed by atoms with van der Waals surface area (Å²) < 4.78 is 0. The van der Waals surface area contributed by atoms with Gasteiger partial charge in [-0.1, -0.05) is 6.92 Å². The quantitative estimate of drug-likeness (QED) is 0.770. The maximum absolute atomic E-state index is 11.9. The molecule has 0 radical (unpaired) electrons. The van der Waals surface area contributed by atoms with Crippen molar-refractivity contribution in [2.24, 2.45) is 11.8 Å². The van der Waals surface area contributed by atoms with E-state index < -0.39 is 11.9 Å². The van der Waals surface area contributed by atoms with E-state index in [4.69, 9.17) is 5.11 Å². The second-order valence-electron chi connectivity index (χ2n) is 4.84. The second-order valence-corrected chi connectivity index (χ2v) is 5.99. The minimum absolute atomic E-state index is 0.0382. The first-order chi connectivity index (χ1) is 8.08. The molecule has 0 aromatic carbocycles. The fourth-order valence-electron chi connectivity index (χ4n) is 2.37. The lowest BCUT2D eigenvalue weighted by Gasteiger charge is -2.19. The highest BCUT2D eigenvalue weighted by molar-refractivity contribution is 7.99. The Hall–Kier alpha value is -0.910. The Balaban J connectivity index is 1.86. The number of rotatable bonds is 2. The van der Waals surface area contributed by atoms with Gasteiger partial charge in [0.2, 0.25) is 0 Å². The molecule has 2 rings (SSSR count). The normalized spacial score (nSPS) is 32.8. The number of carboxylic acids is 1. The summed E-state index contributed by atoms with van der Waals surface area (Å²) in [7, 11) is 0. The van der Waals surface area contributed by atoms with Crippen molar-refractivity contribution >= 4 is 23.8 Å². The van der Waals surface area contributed by atoms with Crippen molar-refractivity contribution in [3.8, 4) is 0 Å². The zero-order valence-electron chi connectivity index (χ0n) is 9.89. The molecule has 17 heavy (non-hydrogen) atoms. The first-order valence-corrected chi connectivity index (χ1v) is 7.09. The Kier molecular flexibility index (Phi) is 3.81. The van der Waals surface area contributed by atoms with Crippen LogP contribution >= 0.6 is 11.8 Å². The van der Waals surface area contributed by atoms with Crippen molar-refractivity contribution < 1.29 is 14.7 Å². The lowest BCUT2D eigenvalue weighted by atomic mass is 9.99. The van der Waals surface area contributed by atoms with Gasteiger partial charge in [-0.15, -0.1) is 0 Å². The number of carboxylic acid groups (broad SMARTS) is 1. The Bertz CT molecular complexity index is 318. The van der Waals surface area contributed by atoms with Crippen molar-refractivity contribution in [1.82, 2.24) is 10.2 Å². The third-order valence-electron chi connectivity index (χ3n) is 3.47. The number of nitrogens with zero attached hydrogens (tertiary/aromatic N) is 1. The van der Waals surface area contributed by atoms with Gasteiger partial charge in [0.15, 0.2) is 0 Å². The van der Waals surface area contributed by atoms with Crippen LogP contribution in [0.1, 0.15) is 13.3 Å². The molecule has 0 aliphatic carbocycles. The molecule has 0 bridgehead atoms. The van der Waals surface area contributed by atoms with Gasteiger partial charge in [-0.05, 0) is 18.1 Å². The highest BCUT2D eigenvalue weighted by atomic mass is 32.2. The van der Waals surface area contributed by atoms with Gasteiger partial charge < -0.3 is 15.3 Å². The monoisotopic (exact) mass is 258 g/mol. The van der Waals surface area contributed by atoms with Crippen molar-refractivity contribution in [1.29, 1.82) is 0 Å². The van der Waals surface area contributed by atoms with Crippen LogP contribution in [0.4, 0.5) is 4.79 Å². The van der Waals surface area contributed by atoms with E-state index in [9.17, 15) is 9.59 Å². The summed E-state index contributed by atoms with van der Waals surface area (Å²) in [6.45, 7) is 2.77. The number of carbonyl (C=O) groups excluding carboxylic acids is 1. The van der Waals surface area contributed by atoms with Crippen LogP contribution in [0.5, 0.6) is 0 Å². The molecule has 2 saturated heterocycles. The summed E-state index contributed by atoms with van der Waals surface area (Å²) in [5.41, 5.74) is 0. The number of aliphatic carboxylic acids is 1. The molecule has 0 aromatic heterocycles. The van der Waals surface area contributed by atoms with E-state index in [2.05, 4.69) is 5.32 Å². The molecule has 2 aliphatic heterocycles. The van der Waals surface area contributed by atoms with E-state index in [-0.39, 0.29) is 18.0 Å². The van der Waals surface area contributed by atoms with E-state index in [0.29, 0.717) is 13.1 Å². The number of thioether (sulfide) groups is 1. The van der Waals surface area contributed by atoms with Gasteiger partial charge in [0.25, 0.3) is 0 Å². The molecule has 6 heteroatoms. The van der Waals surface area contributed by atoms with E-state index in [1.165, 1.54) is 0 Å². The molecule has 2 aliphatic rings. The average Bonchev–Trinajstić information content (AvgIpc) is 2.86. The molecule has 1 unspecified atom stereocenters. The number of amides is 2. The van der Waals surface area contributed by atoms with Gasteiger partial charge >= 0.3 is 12.0 Å². The highest BCUT2D eigenvalue weighted by Crippen LogP contribution is 2.24. The summed E-state index contributed by atoms with van der Waals surface area (Å²) >= 11 is 1.85. The minimum Gasteiger partial charge on any atom is -0.481 e. The van der Waals surface area contributed by atoms with Gasteiger partial charge in [0, 0.05) is 24.9 Å². The number of nitrogens with one attached hydrogen (secondary N) is 1. The van der Waals surface area contributed by atoms with Crippen LogP contribution in [0.2, 0.25) is 0 Å². The van der Waals surface area contributed by atoms with Crippen LogP contribution in [0, 0.1) is 11.8 Å². The molecule has 2 fully saturated rings. The van der Waals surface area contributed by atoms with Crippen LogP contribution in [-0.2, 0) is 4.79 Å². The first kappa shape index (κ1) is 12.5. The molecule has 0 saturated carbocycles. The maximum atomic E-state index is 11.9. The molecule has 0 aromatic rings. The lowest BCUT2D eigenvalue weighted by molar-refractivity contribution is -0.142. The Morgan fingerprint density at radius 2 is 2.18 bits per heavy atom. The van der Waals surface area contributed by atoms with E-state index in [0.717, 1.165) is 17.9 Å². The fourth-order valence-corrected chi connectivity index (χ4v) is 3.52. The summed E-state index contributed by atoms with van der Waals surface area (Å²) in [4.78, 5) is 24.5. The fraction of sp³-hybridized carbons (Fsp3) is 0.818. The van der Waals surface area contributed by atoms with E-state index >= 15 is 0 Å². The summed E-state index contributed by atoms with van der Waals surface area (Å²) in [6, 6.07) is 0.153. The third-order valence-corrected chi connectivity index (χ3v) is 4.64. The smallest absolute Gasteiger partial charge is 0.317 e. The third kappa shape index (κ3) is 2.86. The molecule has 96 valence electrons. The second kappa shape index (κ2) is 5.16. The summed E-state index contributed by atoms with van der Waals surface area (Å²) in [6.07, 6.45) is 1.02. The van der Waals surface area contributed by atoms with Crippen molar-refractivity contribution in [3.05, 3.63) is 0 Å². The number of hydrogen-bond acceptors (Lipinski definition) is 3. The summed E-state index contributed by atoms with van der Waals surface area (Å²) in [5.74, 6) is 0.885. The Labute approximate surface area is 105 Å². The molecular formula is C11H18N2O3S. The van der Waals surface area contributed by atoms with E-state index in [1.807, 2.05) is 18.7 Å². The molecule has 2 heterocycles. The average molecular weight is 258 g/mol.